The number of nitrogens with zero attached hydrogens (tertiary/aromatic N) is 1. The van der Waals surface area contributed by atoms with Gasteiger partial charge in [0, 0.05) is 6.54 Å². The van der Waals surface area contributed by atoms with E-state index >= 15 is 0 Å². The average Bonchev–Trinajstić information content (AvgIpc) is 2.28. The predicted molar refractivity (Wildman–Crippen MR) is 75.6 cm³/mol. The molecule has 1 heterocycles. The second kappa shape index (κ2) is 5.85. The molecule has 1 aromatic carbocycles. The molecule has 1 atom stereocenters. The van der Waals surface area contributed by atoms with Gasteiger partial charge < -0.3 is 5.11 Å². The van der Waals surface area contributed by atoms with Crippen molar-refractivity contribution in [2.45, 2.75) is 46.3 Å². The van der Waals surface area contributed by atoms with Gasteiger partial charge in [-0.15, -0.1) is 0 Å². The molecule has 100 valence electrons. The third-order valence-corrected chi connectivity index (χ3v) is 4.00. The van der Waals surface area contributed by atoms with Crippen molar-refractivity contribution in [1.82, 2.24) is 4.90 Å². The van der Waals surface area contributed by atoms with Crippen LogP contribution in [-0.2, 0) is 6.54 Å². The molecule has 0 amide bonds. The maximum atomic E-state index is 9.61. The van der Waals surface area contributed by atoms with Crippen LogP contribution in [0.25, 0.3) is 0 Å². The molecule has 1 unspecified atom stereocenters. The number of piperidine rings is 1. The van der Waals surface area contributed by atoms with Crippen LogP contribution in [0.1, 0.15) is 36.5 Å². The third kappa shape index (κ3) is 3.56. The first kappa shape index (κ1) is 13.6. The van der Waals surface area contributed by atoms with Crippen molar-refractivity contribution < 1.29 is 5.11 Å². The van der Waals surface area contributed by atoms with E-state index < -0.39 is 0 Å². The van der Waals surface area contributed by atoms with E-state index in [2.05, 4.69) is 36.9 Å². The zero-order valence-electron chi connectivity index (χ0n) is 11.8. The highest BCUT2D eigenvalue weighted by atomic mass is 16.3. The Balaban J connectivity index is 1.91. The number of hydrogen-bond acceptors (Lipinski definition) is 2. The van der Waals surface area contributed by atoms with Crippen LogP contribution in [0.15, 0.2) is 18.2 Å². The van der Waals surface area contributed by atoms with Crippen LogP contribution < -0.4 is 0 Å². The molecule has 0 bridgehead atoms. The summed E-state index contributed by atoms with van der Waals surface area (Å²) in [6, 6.07) is 6.80. The molecule has 1 aliphatic rings. The number of aliphatic hydroxyl groups excluding tert-OH is 1. The maximum Gasteiger partial charge on any atom is 0.0541 e. The lowest BCUT2D eigenvalue weighted by Gasteiger charge is -2.33. The van der Waals surface area contributed by atoms with Crippen molar-refractivity contribution in [1.29, 1.82) is 0 Å². The molecule has 18 heavy (non-hydrogen) atoms. The molecule has 2 rings (SSSR count). The quantitative estimate of drug-likeness (QED) is 0.888. The van der Waals surface area contributed by atoms with Gasteiger partial charge in [0.1, 0.15) is 0 Å². The van der Waals surface area contributed by atoms with Gasteiger partial charge in [0.2, 0.25) is 0 Å². The largest absolute Gasteiger partial charge is 0.393 e. The fourth-order valence-electron chi connectivity index (χ4n) is 3.01. The standard InChI is InChI=1S/C16H25NO/c1-12-8-13(2)10-15(9-12)11-17-6-4-16(5-7-17)14(3)18/h8-10,14,16,18H,4-7,11H2,1-3H3. The highest BCUT2D eigenvalue weighted by Gasteiger charge is 2.22. The molecular formula is C16H25NO. The van der Waals surface area contributed by atoms with Gasteiger partial charge in [0.15, 0.2) is 0 Å². The van der Waals surface area contributed by atoms with Gasteiger partial charge in [-0.3, -0.25) is 4.90 Å². The zero-order chi connectivity index (χ0) is 13.1. The summed E-state index contributed by atoms with van der Waals surface area (Å²) in [5.74, 6) is 0.500. The number of benzene rings is 1. The van der Waals surface area contributed by atoms with Gasteiger partial charge in [0.25, 0.3) is 0 Å². The summed E-state index contributed by atoms with van der Waals surface area (Å²) in [6.07, 6.45) is 2.11. The molecule has 1 aliphatic heterocycles. The molecule has 1 saturated heterocycles. The number of aryl methyl sites for hydroxylation is 2. The maximum absolute atomic E-state index is 9.61. The van der Waals surface area contributed by atoms with E-state index in [1.807, 2.05) is 6.92 Å². The Morgan fingerprint density at radius 3 is 2.22 bits per heavy atom. The lowest BCUT2D eigenvalue weighted by atomic mass is 9.92. The molecule has 1 fully saturated rings. The van der Waals surface area contributed by atoms with E-state index in [1.165, 1.54) is 16.7 Å². The van der Waals surface area contributed by atoms with Crippen molar-refractivity contribution in [3.63, 3.8) is 0 Å². The van der Waals surface area contributed by atoms with Crippen LogP contribution in [0, 0.1) is 19.8 Å². The van der Waals surface area contributed by atoms with Crippen LogP contribution in [0.3, 0.4) is 0 Å². The molecule has 2 nitrogen and oxygen atoms in total. The van der Waals surface area contributed by atoms with Crippen molar-refractivity contribution in [3.05, 3.63) is 34.9 Å². The van der Waals surface area contributed by atoms with Crippen molar-refractivity contribution in [2.75, 3.05) is 13.1 Å². The van der Waals surface area contributed by atoms with Crippen LogP contribution in [0.2, 0.25) is 0 Å². The SMILES string of the molecule is Cc1cc(C)cc(CN2CCC(C(C)O)CC2)c1. The van der Waals surface area contributed by atoms with Gasteiger partial charge in [-0.2, -0.15) is 0 Å². The fourth-order valence-corrected chi connectivity index (χ4v) is 3.01. The number of aliphatic hydroxyl groups is 1. The summed E-state index contributed by atoms with van der Waals surface area (Å²) in [5, 5.41) is 9.61. The summed E-state index contributed by atoms with van der Waals surface area (Å²) in [6.45, 7) is 9.52. The molecule has 0 aliphatic carbocycles. The minimum absolute atomic E-state index is 0.145. The Bertz CT molecular complexity index is 372. The number of likely N-dealkylation sites (tertiary alicyclic amines) is 1. The van der Waals surface area contributed by atoms with E-state index in [0.717, 1.165) is 32.5 Å². The Morgan fingerprint density at radius 1 is 1.17 bits per heavy atom. The monoisotopic (exact) mass is 247 g/mol. The average molecular weight is 247 g/mol. The molecule has 1 aromatic rings. The van der Waals surface area contributed by atoms with Crippen molar-refractivity contribution >= 4 is 0 Å². The van der Waals surface area contributed by atoms with E-state index in [4.69, 9.17) is 0 Å². The lowest BCUT2D eigenvalue weighted by Crippen LogP contribution is -2.36. The molecule has 0 spiro atoms. The van der Waals surface area contributed by atoms with Crippen molar-refractivity contribution in [3.8, 4) is 0 Å². The van der Waals surface area contributed by atoms with Gasteiger partial charge >= 0.3 is 0 Å². The summed E-state index contributed by atoms with van der Waals surface area (Å²) < 4.78 is 0. The first-order valence-electron chi connectivity index (χ1n) is 7.02. The fraction of sp³-hybridized carbons (Fsp3) is 0.625. The summed E-state index contributed by atoms with van der Waals surface area (Å²) in [5.41, 5.74) is 4.12. The topological polar surface area (TPSA) is 23.5 Å². The molecule has 0 saturated carbocycles. The summed E-state index contributed by atoms with van der Waals surface area (Å²) >= 11 is 0. The number of hydrogen-bond donors (Lipinski definition) is 1. The summed E-state index contributed by atoms with van der Waals surface area (Å²) in [7, 11) is 0. The molecule has 1 N–H and O–H groups in total. The molecule has 2 heteroatoms. The van der Waals surface area contributed by atoms with Crippen LogP contribution in [0.5, 0.6) is 0 Å². The van der Waals surface area contributed by atoms with Gasteiger partial charge in [0.05, 0.1) is 6.10 Å². The third-order valence-electron chi connectivity index (χ3n) is 4.00. The molecule has 0 aromatic heterocycles. The molecular weight excluding hydrogens is 222 g/mol. The first-order chi connectivity index (χ1) is 8.54. The number of rotatable bonds is 3. The van der Waals surface area contributed by atoms with Crippen LogP contribution in [-0.4, -0.2) is 29.2 Å². The smallest absolute Gasteiger partial charge is 0.0541 e. The van der Waals surface area contributed by atoms with Crippen molar-refractivity contribution in [2.24, 2.45) is 5.92 Å². The predicted octanol–water partition coefficient (Wildman–Crippen LogP) is 2.90. The van der Waals surface area contributed by atoms with E-state index in [-0.39, 0.29) is 6.10 Å². The molecule has 0 radical (unpaired) electrons. The van der Waals surface area contributed by atoms with E-state index in [1.54, 1.807) is 0 Å². The second-order valence-electron chi connectivity index (χ2n) is 5.85. The Kier molecular flexibility index (Phi) is 4.41. The van der Waals surface area contributed by atoms with Gasteiger partial charge in [-0.1, -0.05) is 29.3 Å². The van der Waals surface area contributed by atoms with Gasteiger partial charge in [-0.25, -0.2) is 0 Å². The summed E-state index contributed by atoms with van der Waals surface area (Å²) in [4.78, 5) is 2.51. The van der Waals surface area contributed by atoms with E-state index in [0.29, 0.717) is 5.92 Å². The zero-order valence-corrected chi connectivity index (χ0v) is 11.8. The highest BCUT2D eigenvalue weighted by Crippen LogP contribution is 2.22. The normalized spacial score (nSPS) is 20.0. The lowest BCUT2D eigenvalue weighted by molar-refractivity contribution is 0.0695. The highest BCUT2D eigenvalue weighted by molar-refractivity contribution is 5.28. The first-order valence-corrected chi connectivity index (χ1v) is 7.02. The second-order valence-corrected chi connectivity index (χ2v) is 5.85. The minimum atomic E-state index is -0.145. The Labute approximate surface area is 111 Å². The van der Waals surface area contributed by atoms with E-state index in [9.17, 15) is 5.11 Å². The van der Waals surface area contributed by atoms with Crippen LogP contribution >= 0.6 is 0 Å². The Hall–Kier alpha value is -0.860. The van der Waals surface area contributed by atoms with Gasteiger partial charge in [-0.05, 0) is 58.2 Å². The minimum Gasteiger partial charge on any atom is -0.393 e. The van der Waals surface area contributed by atoms with Crippen LogP contribution in [0.4, 0.5) is 0 Å². The Morgan fingerprint density at radius 2 is 1.72 bits per heavy atom.